The van der Waals surface area contributed by atoms with Crippen molar-refractivity contribution in [3.8, 4) is 0 Å². The number of rotatable bonds is 7. The average molecular weight is 370 g/mol. The zero-order chi connectivity index (χ0) is 19.0. The third-order valence-corrected chi connectivity index (χ3v) is 4.42. The van der Waals surface area contributed by atoms with Gasteiger partial charge in [0.15, 0.2) is 5.96 Å². The van der Waals surface area contributed by atoms with Crippen LogP contribution in [0.15, 0.2) is 35.3 Å². The Labute approximate surface area is 153 Å². The highest BCUT2D eigenvalue weighted by molar-refractivity contribution is 5.80. The molecule has 1 aromatic carbocycles. The van der Waals surface area contributed by atoms with Crippen molar-refractivity contribution in [2.45, 2.75) is 51.4 Å². The molecule has 0 spiro atoms. The number of alkyl halides is 3. The van der Waals surface area contributed by atoms with Crippen LogP contribution in [0.1, 0.15) is 32.3 Å². The molecule has 2 unspecified atom stereocenters. The van der Waals surface area contributed by atoms with Crippen molar-refractivity contribution in [3.63, 3.8) is 0 Å². The molecule has 4 nitrogen and oxygen atoms in total. The van der Waals surface area contributed by atoms with Crippen LogP contribution in [0.2, 0.25) is 0 Å². The third kappa shape index (κ3) is 7.64. The summed E-state index contributed by atoms with van der Waals surface area (Å²) >= 11 is 0. The van der Waals surface area contributed by atoms with E-state index in [1.165, 1.54) is 10.5 Å². The predicted octanol–water partition coefficient (Wildman–Crippen LogP) is 3.20. The van der Waals surface area contributed by atoms with E-state index in [0.717, 1.165) is 12.8 Å². The van der Waals surface area contributed by atoms with Gasteiger partial charge in [0.1, 0.15) is 0 Å². The van der Waals surface area contributed by atoms with Gasteiger partial charge in [0.05, 0.1) is 6.54 Å². The van der Waals surface area contributed by atoms with Crippen LogP contribution in [0.4, 0.5) is 13.2 Å². The normalized spacial score (nSPS) is 20.2. The van der Waals surface area contributed by atoms with E-state index in [4.69, 9.17) is 0 Å². The van der Waals surface area contributed by atoms with Gasteiger partial charge in [-0.15, -0.1) is 0 Å². The van der Waals surface area contributed by atoms with Crippen molar-refractivity contribution < 1.29 is 13.2 Å². The molecule has 0 aromatic heterocycles. The molecule has 2 N–H and O–H groups in total. The minimum atomic E-state index is -4.14. The maximum absolute atomic E-state index is 12.5. The molecular formula is C19H29F3N4. The number of guanidine groups is 1. The SMILES string of the molecule is CCN=C(NC(C)CCc1ccccc1)NC1CCN(CC(F)(F)F)C1. The van der Waals surface area contributed by atoms with Crippen molar-refractivity contribution in [2.75, 3.05) is 26.2 Å². The number of benzene rings is 1. The van der Waals surface area contributed by atoms with Gasteiger partial charge in [0, 0.05) is 31.7 Å². The summed E-state index contributed by atoms with van der Waals surface area (Å²) in [5, 5.41) is 6.67. The molecule has 0 aliphatic carbocycles. The minimum absolute atomic E-state index is 0.00327. The van der Waals surface area contributed by atoms with Crippen molar-refractivity contribution in [2.24, 2.45) is 4.99 Å². The molecule has 0 saturated carbocycles. The Kier molecular flexibility index (Phi) is 7.75. The summed E-state index contributed by atoms with van der Waals surface area (Å²) in [6.45, 7) is 4.68. The zero-order valence-electron chi connectivity index (χ0n) is 15.5. The molecule has 1 aliphatic rings. The first-order chi connectivity index (χ1) is 12.4. The maximum atomic E-state index is 12.5. The van der Waals surface area contributed by atoms with Crippen molar-refractivity contribution in [3.05, 3.63) is 35.9 Å². The minimum Gasteiger partial charge on any atom is -0.354 e. The molecule has 1 aromatic rings. The van der Waals surface area contributed by atoms with Crippen LogP contribution in [0, 0.1) is 0 Å². The second-order valence-corrected chi connectivity index (χ2v) is 6.87. The molecule has 0 bridgehead atoms. The number of aliphatic imine (C=N–C) groups is 1. The van der Waals surface area contributed by atoms with Crippen molar-refractivity contribution in [1.29, 1.82) is 0 Å². The Morgan fingerprint density at radius 1 is 1.31 bits per heavy atom. The van der Waals surface area contributed by atoms with Gasteiger partial charge in [0.2, 0.25) is 0 Å². The number of halogens is 3. The van der Waals surface area contributed by atoms with E-state index in [-0.39, 0.29) is 12.1 Å². The number of hydrogen-bond donors (Lipinski definition) is 2. The summed E-state index contributed by atoms with van der Waals surface area (Å²) < 4.78 is 37.5. The van der Waals surface area contributed by atoms with Crippen molar-refractivity contribution in [1.82, 2.24) is 15.5 Å². The van der Waals surface area contributed by atoms with Crippen LogP contribution in [0.3, 0.4) is 0 Å². The Balaban J connectivity index is 1.78. The van der Waals surface area contributed by atoms with E-state index in [9.17, 15) is 13.2 Å². The number of nitrogens with one attached hydrogen (secondary N) is 2. The summed E-state index contributed by atoms with van der Waals surface area (Å²) in [6, 6.07) is 10.5. The zero-order valence-corrected chi connectivity index (χ0v) is 15.5. The van der Waals surface area contributed by atoms with Gasteiger partial charge in [-0.2, -0.15) is 13.2 Å². The first-order valence-electron chi connectivity index (χ1n) is 9.26. The molecule has 2 atom stereocenters. The molecular weight excluding hydrogens is 341 g/mol. The number of likely N-dealkylation sites (tertiary alicyclic amines) is 1. The largest absolute Gasteiger partial charge is 0.401 e. The second kappa shape index (κ2) is 9.80. The number of nitrogens with zero attached hydrogens (tertiary/aromatic N) is 2. The number of hydrogen-bond acceptors (Lipinski definition) is 2. The molecule has 0 amide bonds. The fourth-order valence-corrected chi connectivity index (χ4v) is 3.17. The van der Waals surface area contributed by atoms with Gasteiger partial charge in [0.25, 0.3) is 0 Å². The Morgan fingerprint density at radius 3 is 2.69 bits per heavy atom. The summed E-state index contributed by atoms with van der Waals surface area (Å²) in [6.07, 6.45) is -1.52. The predicted molar refractivity (Wildman–Crippen MR) is 99.4 cm³/mol. The van der Waals surface area contributed by atoms with Crippen LogP contribution >= 0.6 is 0 Å². The standard InChI is InChI=1S/C19H29F3N4/c1-3-23-18(24-15(2)9-10-16-7-5-4-6-8-16)25-17-11-12-26(13-17)14-19(20,21)22/h4-8,15,17H,3,9-14H2,1-2H3,(H2,23,24,25). The summed E-state index contributed by atoms with van der Waals surface area (Å²) in [5.41, 5.74) is 1.29. The van der Waals surface area contributed by atoms with Crippen LogP contribution < -0.4 is 10.6 Å². The molecule has 1 fully saturated rings. The van der Waals surface area contributed by atoms with Gasteiger partial charge < -0.3 is 10.6 Å². The van der Waals surface area contributed by atoms with Crippen LogP contribution in [0.25, 0.3) is 0 Å². The smallest absolute Gasteiger partial charge is 0.354 e. The quantitative estimate of drug-likeness (QED) is 0.572. The van der Waals surface area contributed by atoms with Crippen LogP contribution in [-0.4, -0.2) is 55.3 Å². The monoisotopic (exact) mass is 370 g/mol. The molecule has 7 heteroatoms. The molecule has 26 heavy (non-hydrogen) atoms. The maximum Gasteiger partial charge on any atom is 0.401 e. The first-order valence-corrected chi connectivity index (χ1v) is 9.26. The third-order valence-electron chi connectivity index (χ3n) is 4.42. The Hall–Kier alpha value is -1.76. The molecule has 1 saturated heterocycles. The van der Waals surface area contributed by atoms with Gasteiger partial charge in [-0.1, -0.05) is 30.3 Å². The topological polar surface area (TPSA) is 39.7 Å². The van der Waals surface area contributed by atoms with E-state index < -0.39 is 12.7 Å². The van der Waals surface area contributed by atoms with Gasteiger partial charge in [-0.05, 0) is 38.7 Å². The Bertz CT molecular complexity index is 560. The molecule has 1 heterocycles. The molecule has 1 aliphatic heterocycles. The fourth-order valence-electron chi connectivity index (χ4n) is 3.17. The van der Waals surface area contributed by atoms with Crippen LogP contribution in [0.5, 0.6) is 0 Å². The lowest BCUT2D eigenvalue weighted by atomic mass is 10.1. The highest BCUT2D eigenvalue weighted by Gasteiger charge is 2.34. The highest BCUT2D eigenvalue weighted by Crippen LogP contribution is 2.19. The first kappa shape index (κ1) is 20.6. The summed E-state index contributed by atoms with van der Waals surface area (Å²) in [4.78, 5) is 5.88. The van der Waals surface area contributed by atoms with Crippen LogP contribution in [-0.2, 0) is 6.42 Å². The van der Waals surface area contributed by atoms with E-state index >= 15 is 0 Å². The van der Waals surface area contributed by atoms with Crippen molar-refractivity contribution >= 4 is 5.96 Å². The van der Waals surface area contributed by atoms with E-state index in [0.29, 0.717) is 32.0 Å². The second-order valence-electron chi connectivity index (χ2n) is 6.87. The van der Waals surface area contributed by atoms with Gasteiger partial charge in [-0.25, -0.2) is 0 Å². The van der Waals surface area contributed by atoms with E-state index in [2.05, 4.69) is 34.7 Å². The summed E-state index contributed by atoms with van der Waals surface area (Å²) in [5.74, 6) is 0.687. The van der Waals surface area contributed by atoms with E-state index in [1.807, 2.05) is 25.1 Å². The van der Waals surface area contributed by atoms with E-state index in [1.54, 1.807) is 0 Å². The summed E-state index contributed by atoms with van der Waals surface area (Å²) in [7, 11) is 0. The lowest BCUT2D eigenvalue weighted by Crippen LogP contribution is -2.48. The molecule has 2 rings (SSSR count). The molecule has 146 valence electrons. The van der Waals surface area contributed by atoms with Gasteiger partial charge >= 0.3 is 6.18 Å². The molecule has 0 radical (unpaired) electrons. The van der Waals surface area contributed by atoms with Gasteiger partial charge in [-0.3, -0.25) is 9.89 Å². The number of aryl methyl sites for hydroxylation is 1. The highest BCUT2D eigenvalue weighted by atomic mass is 19.4. The Morgan fingerprint density at radius 2 is 2.04 bits per heavy atom. The lowest BCUT2D eigenvalue weighted by molar-refractivity contribution is -0.143. The lowest BCUT2D eigenvalue weighted by Gasteiger charge is -2.22. The fraction of sp³-hybridized carbons (Fsp3) is 0.632. The average Bonchev–Trinajstić information content (AvgIpc) is 2.99.